The number of ether oxygens (including phenoxy) is 1. The molecule has 3 nitrogen and oxygen atoms in total. The second-order valence-electron chi connectivity index (χ2n) is 4.04. The predicted molar refractivity (Wildman–Crippen MR) is 68.9 cm³/mol. The minimum absolute atomic E-state index is 0.200. The topological polar surface area (TPSA) is 41.5 Å². The fourth-order valence-corrected chi connectivity index (χ4v) is 1.44. The summed E-state index contributed by atoms with van der Waals surface area (Å²) < 4.78 is 5.29. The van der Waals surface area contributed by atoms with E-state index >= 15 is 0 Å². The van der Waals surface area contributed by atoms with Gasteiger partial charge in [0.15, 0.2) is 0 Å². The lowest BCUT2D eigenvalue weighted by Gasteiger charge is -2.15. The molecule has 3 heteroatoms. The van der Waals surface area contributed by atoms with Gasteiger partial charge in [-0.15, -0.1) is 6.42 Å². The molecule has 0 fully saturated rings. The zero-order valence-corrected chi connectivity index (χ0v) is 10.3. The maximum absolute atomic E-state index is 9.19. The molecule has 2 unspecified atom stereocenters. The Bertz CT molecular complexity index is 365. The molecule has 92 valence electrons. The molecule has 0 heterocycles. The van der Waals surface area contributed by atoms with Crippen molar-refractivity contribution in [3.05, 3.63) is 29.8 Å². The summed E-state index contributed by atoms with van der Waals surface area (Å²) >= 11 is 0. The molecule has 17 heavy (non-hydrogen) atoms. The molecule has 0 saturated carbocycles. The van der Waals surface area contributed by atoms with Crippen LogP contribution in [0, 0.1) is 12.3 Å². The van der Waals surface area contributed by atoms with Crippen LogP contribution in [0.5, 0.6) is 5.75 Å². The summed E-state index contributed by atoms with van der Waals surface area (Å²) in [5, 5.41) is 12.4. The standard InChI is InChI=1S/C14H19NO2/c1-4-9-17-14-7-5-13(6-8-14)12(3)15-10-11(2)16/h1,5-8,11-12,15-16H,9-10H2,2-3H3. The summed E-state index contributed by atoms with van der Waals surface area (Å²) in [7, 11) is 0. The molecule has 0 spiro atoms. The van der Waals surface area contributed by atoms with Crippen molar-refractivity contribution in [2.45, 2.75) is 26.0 Å². The first-order valence-corrected chi connectivity index (χ1v) is 5.71. The molecular weight excluding hydrogens is 214 g/mol. The molecule has 0 aliphatic heterocycles. The minimum atomic E-state index is -0.337. The molecule has 0 aliphatic rings. The molecule has 0 aliphatic carbocycles. The van der Waals surface area contributed by atoms with Gasteiger partial charge < -0.3 is 15.2 Å². The monoisotopic (exact) mass is 233 g/mol. The Kier molecular flexibility index (Phi) is 5.55. The van der Waals surface area contributed by atoms with Gasteiger partial charge in [0, 0.05) is 12.6 Å². The van der Waals surface area contributed by atoms with E-state index in [4.69, 9.17) is 11.2 Å². The van der Waals surface area contributed by atoms with Gasteiger partial charge in [-0.3, -0.25) is 0 Å². The average molecular weight is 233 g/mol. The van der Waals surface area contributed by atoms with Crippen molar-refractivity contribution in [3.8, 4) is 18.1 Å². The lowest BCUT2D eigenvalue weighted by Crippen LogP contribution is -2.27. The number of hydrogen-bond donors (Lipinski definition) is 2. The van der Waals surface area contributed by atoms with Gasteiger partial charge >= 0.3 is 0 Å². The molecule has 0 radical (unpaired) electrons. The molecule has 0 aromatic heterocycles. The lowest BCUT2D eigenvalue weighted by molar-refractivity contribution is 0.187. The van der Waals surface area contributed by atoms with E-state index in [2.05, 4.69) is 18.2 Å². The summed E-state index contributed by atoms with van der Waals surface area (Å²) in [6, 6.07) is 7.98. The highest BCUT2D eigenvalue weighted by Crippen LogP contribution is 2.17. The zero-order valence-electron chi connectivity index (χ0n) is 10.3. The Morgan fingerprint density at radius 2 is 2.00 bits per heavy atom. The molecule has 0 bridgehead atoms. The lowest BCUT2D eigenvalue weighted by atomic mass is 10.1. The van der Waals surface area contributed by atoms with E-state index in [9.17, 15) is 5.11 Å². The van der Waals surface area contributed by atoms with Gasteiger partial charge in [-0.1, -0.05) is 18.1 Å². The fourth-order valence-electron chi connectivity index (χ4n) is 1.44. The van der Waals surface area contributed by atoms with E-state index in [1.165, 1.54) is 0 Å². The van der Waals surface area contributed by atoms with E-state index in [1.807, 2.05) is 24.3 Å². The smallest absolute Gasteiger partial charge is 0.148 e. The second-order valence-corrected chi connectivity index (χ2v) is 4.04. The molecular formula is C14H19NO2. The van der Waals surface area contributed by atoms with E-state index in [0.717, 1.165) is 11.3 Å². The molecule has 1 aromatic rings. The molecule has 0 amide bonds. The van der Waals surface area contributed by atoms with Crippen molar-refractivity contribution < 1.29 is 9.84 Å². The first kappa shape index (κ1) is 13.6. The van der Waals surface area contributed by atoms with Gasteiger partial charge in [0.05, 0.1) is 6.10 Å². The Morgan fingerprint density at radius 1 is 1.35 bits per heavy atom. The van der Waals surface area contributed by atoms with Crippen molar-refractivity contribution in [3.63, 3.8) is 0 Å². The molecule has 1 aromatic carbocycles. The molecule has 2 atom stereocenters. The highest BCUT2D eigenvalue weighted by molar-refractivity contribution is 5.29. The van der Waals surface area contributed by atoms with E-state index < -0.39 is 0 Å². The van der Waals surface area contributed by atoms with Crippen molar-refractivity contribution in [1.29, 1.82) is 0 Å². The Balaban J connectivity index is 2.52. The highest BCUT2D eigenvalue weighted by Gasteiger charge is 2.05. The van der Waals surface area contributed by atoms with Crippen molar-refractivity contribution in [2.75, 3.05) is 13.2 Å². The van der Waals surface area contributed by atoms with Gasteiger partial charge in [-0.05, 0) is 31.5 Å². The third-order valence-electron chi connectivity index (χ3n) is 2.42. The summed E-state index contributed by atoms with van der Waals surface area (Å²) in [5.74, 6) is 3.20. The normalized spacial score (nSPS) is 13.8. The van der Waals surface area contributed by atoms with Crippen molar-refractivity contribution in [1.82, 2.24) is 5.32 Å². The Labute approximate surface area is 103 Å². The van der Waals surface area contributed by atoms with Gasteiger partial charge in [0.1, 0.15) is 12.4 Å². The number of aliphatic hydroxyl groups is 1. The molecule has 2 N–H and O–H groups in total. The summed E-state index contributed by atoms with van der Waals surface area (Å²) in [6.45, 7) is 4.68. The van der Waals surface area contributed by atoms with Crippen LogP contribution in [0.1, 0.15) is 25.5 Å². The van der Waals surface area contributed by atoms with E-state index in [1.54, 1.807) is 6.92 Å². The maximum atomic E-state index is 9.19. The highest BCUT2D eigenvalue weighted by atomic mass is 16.5. The number of nitrogens with one attached hydrogen (secondary N) is 1. The number of hydrogen-bond acceptors (Lipinski definition) is 3. The SMILES string of the molecule is C#CCOc1ccc(C(C)NCC(C)O)cc1. The van der Waals surface area contributed by atoms with Crippen LogP contribution in [-0.2, 0) is 0 Å². The number of aliphatic hydroxyl groups excluding tert-OH is 1. The summed E-state index contributed by atoms with van der Waals surface area (Å²) in [5.41, 5.74) is 1.15. The summed E-state index contributed by atoms with van der Waals surface area (Å²) in [6.07, 6.45) is 4.78. The van der Waals surface area contributed by atoms with Crippen molar-refractivity contribution >= 4 is 0 Å². The molecule has 1 rings (SSSR count). The number of rotatable bonds is 6. The van der Waals surface area contributed by atoms with Crippen LogP contribution < -0.4 is 10.1 Å². The number of benzene rings is 1. The van der Waals surface area contributed by atoms with E-state index in [0.29, 0.717) is 6.54 Å². The average Bonchev–Trinajstić information content (AvgIpc) is 2.34. The van der Waals surface area contributed by atoms with Crippen LogP contribution in [0.15, 0.2) is 24.3 Å². The first-order valence-electron chi connectivity index (χ1n) is 5.71. The quantitative estimate of drug-likeness (QED) is 0.735. The fraction of sp³-hybridized carbons (Fsp3) is 0.429. The van der Waals surface area contributed by atoms with Crippen LogP contribution in [0.25, 0.3) is 0 Å². The van der Waals surface area contributed by atoms with Gasteiger partial charge in [0.2, 0.25) is 0 Å². The minimum Gasteiger partial charge on any atom is -0.481 e. The largest absolute Gasteiger partial charge is 0.481 e. The Hall–Kier alpha value is -1.50. The first-order chi connectivity index (χ1) is 8.13. The van der Waals surface area contributed by atoms with Gasteiger partial charge in [-0.2, -0.15) is 0 Å². The van der Waals surface area contributed by atoms with Gasteiger partial charge in [0.25, 0.3) is 0 Å². The number of terminal acetylenes is 1. The van der Waals surface area contributed by atoms with Gasteiger partial charge in [-0.25, -0.2) is 0 Å². The van der Waals surface area contributed by atoms with Crippen LogP contribution in [0.3, 0.4) is 0 Å². The third-order valence-corrected chi connectivity index (χ3v) is 2.42. The van der Waals surface area contributed by atoms with E-state index in [-0.39, 0.29) is 18.8 Å². The van der Waals surface area contributed by atoms with Crippen LogP contribution in [0.2, 0.25) is 0 Å². The van der Waals surface area contributed by atoms with Crippen LogP contribution >= 0.6 is 0 Å². The Morgan fingerprint density at radius 3 is 2.53 bits per heavy atom. The van der Waals surface area contributed by atoms with Crippen LogP contribution in [-0.4, -0.2) is 24.4 Å². The molecule has 0 saturated heterocycles. The van der Waals surface area contributed by atoms with Crippen LogP contribution in [0.4, 0.5) is 0 Å². The predicted octanol–water partition coefficient (Wildman–Crippen LogP) is 1.73. The third kappa shape index (κ3) is 4.90. The second kappa shape index (κ2) is 6.95. The van der Waals surface area contributed by atoms with Crippen molar-refractivity contribution in [2.24, 2.45) is 0 Å². The maximum Gasteiger partial charge on any atom is 0.148 e. The zero-order chi connectivity index (χ0) is 12.7. The summed E-state index contributed by atoms with van der Waals surface area (Å²) in [4.78, 5) is 0.